The molecule has 0 rings (SSSR count). The molecule has 0 radical (unpaired) electrons. The molecule has 0 saturated carbocycles. The summed E-state index contributed by atoms with van der Waals surface area (Å²) >= 11 is 0. The lowest BCUT2D eigenvalue weighted by Crippen LogP contribution is -2.42. The van der Waals surface area contributed by atoms with Crippen molar-refractivity contribution in [3.05, 3.63) is 24.3 Å². The van der Waals surface area contributed by atoms with Gasteiger partial charge in [-0.15, -0.1) is 0 Å². The molecular formula is C45H84O9S. The van der Waals surface area contributed by atoms with Crippen LogP contribution in [0.3, 0.4) is 0 Å². The third-order valence-electron chi connectivity index (χ3n) is 10.9. The minimum absolute atomic E-state index is 0.269. The van der Waals surface area contributed by atoms with Gasteiger partial charge in [0.25, 0.3) is 0 Å². The molecule has 0 aromatic carbocycles. The maximum Gasteiger partial charge on any atom is 0.397 e. The second-order valence-electron chi connectivity index (χ2n) is 16.1. The van der Waals surface area contributed by atoms with Gasteiger partial charge in [-0.2, -0.15) is 8.42 Å². The zero-order valence-electron chi connectivity index (χ0n) is 35.2. The lowest BCUT2D eigenvalue weighted by atomic mass is 9.78. The van der Waals surface area contributed by atoms with E-state index in [9.17, 15) is 37.9 Å². The van der Waals surface area contributed by atoms with Crippen molar-refractivity contribution in [2.45, 2.75) is 231 Å². The third kappa shape index (κ3) is 34.0. The molecule has 0 bridgehead atoms. The lowest BCUT2D eigenvalue weighted by Gasteiger charge is -2.35. The molecule has 0 aliphatic heterocycles. The molecule has 9 nitrogen and oxygen atoms in total. The van der Waals surface area contributed by atoms with Crippen LogP contribution in [0, 0.1) is 11.8 Å². The molecule has 0 spiro atoms. The molecule has 0 saturated heterocycles. The van der Waals surface area contributed by atoms with E-state index in [0.717, 1.165) is 89.9 Å². The molecule has 10 heteroatoms. The number of hydrogen-bond donors (Lipinski definition) is 4. The maximum atomic E-state index is 12.3. The van der Waals surface area contributed by atoms with Gasteiger partial charge in [0.1, 0.15) is 0 Å². The fourth-order valence-electron chi connectivity index (χ4n) is 7.62. The minimum atomic E-state index is -5.06. The first-order valence-corrected chi connectivity index (χ1v) is 23.9. The van der Waals surface area contributed by atoms with E-state index in [1.165, 1.54) is 77.0 Å². The van der Waals surface area contributed by atoms with Crippen molar-refractivity contribution < 1.29 is 42.1 Å². The molecule has 0 aliphatic rings. The minimum Gasteiger partial charge on any atom is -0.481 e. The van der Waals surface area contributed by atoms with E-state index < -0.39 is 46.4 Å². The number of hydrogen-bond acceptors (Lipinski definition) is 6. The summed E-state index contributed by atoms with van der Waals surface area (Å²) in [6, 6.07) is 0. The van der Waals surface area contributed by atoms with Crippen LogP contribution in [-0.4, -0.2) is 52.4 Å². The predicted molar refractivity (Wildman–Crippen MR) is 227 cm³/mol. The van der Waals surface area contributed by atoms with Crippen LogP contribution in [0.15, 0.2) is 24.3 Å². The van der Waals surface area contributed by atoms with Crippen molar-refractivity contribution in [1.29, 1.82) is 0 Å². The van der Waals surface area contributed by atoms with E-state index >= 15 is 0 Å². The van der Waals surface area contributed by atoms with Crippen LogP contribution >= 0.6 is 0 Å². The van der Waals surface area contributed by atoms with Crippen LogP contribution in [0.2, 0.25) is 0 Å². The first-order chi connectivity index (χ1) is 26.5. The SMILES string of the molecule is CCCCCCCC/C=C\CCCCCCCCC(CC(CCO)(CC(CCCCCCCC/C=C\CCCCCCCC)C(=O)O)OS(=O)(=O)O)C(=O)O. The molecule has 0 aliphatic carbocycles. The second-order valence-corrected chi connectivity index (χ2v) is 17.1. The Balaban J connectivity index is 4.74. The number of rotatable bonds is 42. The van der Waals surface area contributed by atoms with Crippen molar-refractivity contribution in [1.82, 2.24) is 0 Å². The Labute approximate surface area is 337 Å². The summed E-state index contributed by atoms with van der Waals surface area (Å²) < 4.78 is 38.8. The van der Waals surface area contributed by atoms with Gasteiger partial charge in [-0.25, -0.2) is 4.18 Å². The Morgan fingerprint density at radius 2 is 0.818 bits per heavy atom. The van der Waals surface area contributed by atoms with E-state index in [4.69, 9.17) is 4.18 Å². The van der Waals surface area contributed by atoms with Crippen molar-refractivity contribution in [3.8, 4) is 0 Å². The first kappa shape index (κ1) is 53.2. The number of unbranched alkanes of at least 4 members (excludes halogenated alkanes) is 24. The number of aliphatic hydroxyl groups excluding tert-OH is 1. The van der Waals surface area contributed by atoms with Gasteiger partial charge in [-0.05, 0) is 77.0 Å². The third-order valence-corrected chi connectivity index (χ3v) is 11.5. The highest BCUT2D eigenvalue weighted by molar-refractivity contribution is 7.80. The van der Waals surface area contributed by atoms with E-state index in [2.05, 4.69) is 38.2 Å². The average molecular weight is 801 g/mol. The van der Waals surface area contributed by atoms with Gasteiger partial charge in [0, 0.05) is 13.0 Å². The van der Waals surface area contributed by atoms with Crippen molar-refractivity contribution in [2.75, 3.05) is 6.61 Å². The van der Waals surface area contributed by atoms with E-state index in [0.29, 0.717) is 12.8 Å². The number of carboxylic acids is 2. The number of aliphatic carboxylic acids is 2. The lowest BCUT2D eigenvalue weighted by molar-refractivity contribution is -0.147. The molecule has 0 heterocycles. The number of allylic oxidation sites excluding steroid dienone is 4. The number of carbonyl (C=O) groups is 2. The summed E-state index contributed by atoms with van der Waals surface area (Å²) in [5.74, 6) is -4.28. The fourth-order valence-corrected chi connectivity index (χ4v) is 8.29. The summed E-state index contributed by atoms with van der Waals surface area (Å²) in [6.45, 7) is 3.93. The van der Waals surface area contributed by atoms with Gasteiger partial charge < -0.3 is 15.3 Å². The Bertz CT molecular complexity index is 1010. The first-order valence-electron chi connectivity index (χ1n) is 22.5. The van der Waals surface area contributed by atoms with Crippen LogP contribution in [0.25, 0.3) is 0 Å². The molecule has 324 valence electrons. The van der Waals surface area contributed by atoms with Crippen molar-refractivity contribution >= 4 is 22.3 Å². The Kier molecular flexibility index (Phi) is 35.4. The van der Waals surface area contributed by atoms with Crippen LogP contribution in [-0.2, 0) is 24.2 Å². The normalized spacial score (nSPS) is 14.5. The van der Waals surface area contributed by atoms with Gasteiger partial charge in [-0.3, -0.25) is 14.1 Å². The maximum absolute atomic E-state index is 12.3. The smallest absolute Gasteiger partial charge is 0.397 e. The van der Waals surface area contributed by atoms with Crippen LogP contribution < -0.4 is 0 Å². The van der Waals surface area contributed by atoms with Crippen LogP contribution in [0.4, 0.5) is 0 Å². The van der Waals surface area contributed by atoms with Gasteiger partial charge in [0.05, 0.1) is 17.4 Å². The van der Waals surface area contributed by atoms with Gasteiger partial charge in [0.15, 0.2) is 0 Å². The zero-order valence-corrected chi connectivity index (χ0v) is 36.1. The Morgan fingerprint density at radius 1 is 0.527 bits per heavy atom. The van der Waals surface area contributed by atoms with Crippen LogP contribution in [0.1, 0.15) is 226 Å². The largest absolute Gasteiger partial charge is 0.481 e. The molecule has 0 aromatic rings. The molecular weight excluding hydrogens is 717 g/mol. The van der Waals surface area contributed by atoms with Crippen molar-refractivity contribution in [2.24, 2.45) is 11.8 Å². The summed E-state index contributed by atoms with van der Waals surface area (Å²) in [4.78, 5) is 24.7. The van der Waals surface area contributed by atoms with E-state index in [-0.39, 0.29) is 32.1 Å². The summed E-state index contributed by atoms with van der Waals surface area (Å²) in [6.07, 6.45) is 40.4. The molecule has 0 fully saturated rings. The molecule has 0 amide bonds. The molecule has 2 unspecified atom stereocenters. The summed E-state index contributed by atoms with van der Waals surface area (Å²) in [5, 5.41) is 30.0. The molecule has 4 N–H and O–H groups in total. The quantitative estimate of drug-likeness (QED) is 0.0268. The summed E-state index contributed by atoms with van der Waals surface area (Å²) in [7, 11) is -5.06. The highest BCUT2D eigenvalue weighted by Crippen LogP contribution is 2.37. The van der Waals surface area contributed by atoms with Gasteiger partial charge in [0.2, 0.25) is 0 Å². The molecule has 0 aromatic heterocycles. The van der Waals surface area contributed by atoms with E-state index in [1.807, 2.05) is 0 Å². The zero-order chi connectivity index (χ0) is 40.9. The van der Waals surface area contributed by atoms with E-state index in [1.54, 1.807) is 0 Å². The monoisotopic (exact) mass is 801 g/mol. The molecule has 2 atom stereocenters. The Hall–Kier alpha value is -1.75. The van der Waals surface area contributed by atoms with Crippen LogP contribution in [0.5, 0.6) is 0 Å². The fraction of sp³-hybridized carbons (Fsp3) is 0.867. The van der Waals surface area contributed by atoms with Gasteiger partial charge >= 0.3 is 22.3 Å². The summed E-state index contributed by atoms with van der Waals surface area (Å²) in [5.41, 5.74) is -1.85. The van der Waals surface area contributed by atoms with Crippen molar-refractivity contribution in [3.63, 3.8) is 0 Å². The highest BCUT2D eigenvalue weighted by atomic mass is 32.3. The molecule has 55 heavy (non-hydrogen) atoms. The number of carboxylic acid groups (broad SMARTS) is 2. The second kappa shape index (κ2) is 36.6. The Morgan fingerprint density at radius 3 is 1.09 bits per heavy atom. The topological polar surface area (TPSA) is 158 Å². The standard InChI is InChI=1S/C45H84O9S/c1-3-5-7-9-11-13-15-17-19-21-23-25-27-29-31-33-35-41(43(47)48)39-45(37-38-46,54-55(51,52)53)40-42(44(49)50)36-34-32-30-28-26-24-22-20-18-16-14-12-10-8-6-4-2/h17-20,41-42,46H,3-16,21-40H2,1-2H3,(H,47,48)(H,49,50)(H,51,52,53)/b19-17-,20-18-. The number of aliphatic hydroxyl groups is 1. The highest BCUT2D eigenvalue weighted by Gasteiger charge is 2.43. The predicted octanol–water partition coefficient (Wildman–Crippen LogP) is 13.0. The van der Waals surface area contributed by atoms with Gasteiger partial charge in [-0.1, -0.05) is 167 Å². The average Bonchev–Trinajstić information content (AvgIpc) is 3.12.